The number of fused-ring (bicyclic) bond motifs is 1. The summed E-state index contributed by atoms with van der Waals surface area (Å²) in [5.74, 6) is 0. The summed E-state index contributed by atoms with van der Waals surface area (Å²) in [4.78, 5) is 0. The van der Waals surface area contributed by atoms with E-state index >= 15 is 0 Å². The third-order valence-electron chi connectivity index (χ3n) is 4.47. The van der Waals surface area contributed by atoms with Gasteiger partial charge in [-0.25, -0.2) is 0 Å². The molecule has 0 bridgehead atoms. The second-order valence-electron chi connectivity index (χ2n) is 5.81. The molecule has 100 valence electrons. The Labute approximate surface area is 118 Å². The largest absolute Gasteiger partial charge is 0.385 e. The fourth-order valence-electron chi connectivity index (χ4n) is 3.48. The first-order chi connectivity index (χ1) is 9.24. The van der Waals surface area contributed by atoms with Crippen molar-refractivity contribution in [2.45, 2.75) is 43.7 Å². The van der Waals surface area contributed by atoms with E-state index in [1.807, 2.05) is 0 Å². The van der Waals surface area contributed by atoms with Crippen molar-refractivity contribution < 1.29 is 5.11 Å². The van der Waals surface area contributed by atoms with E-state index in [-0.39, 0.29) is 0 Å². The summed E-state index contributed by atoms with van der Waals surface area (Å²) in [6.45, 7) is 0. The molecule has 0 spiro atoms. The Morgan fingerprint density at radius 2 is 1.68 bits per heavy atom. The van der Waals surface area contributed by atoms with E-state index in [1.54, 1.807) is 0 Å². The molecule has 0 aromatic heterocycles. The highest BCUT2D eigenvalue weighted by atomic mass is 28.1. The summed E-state index contributed by atoms with van der Waals surface area (Å²) in [7, 11) is 1.25. The molecule has 2 heteroatoms. The maximum Gasteiger partial charge on any atom is 0.0902 e. The second-order valence-corrected chi connectivity index (χ2v) is 6.81. The zero-order valence-electron chi connectivity index (χ0n) is 11.7. The monoisotopic (exact) mass is 270 g/mol. The Kier molecular flexibility index (Phi) is 3.46. The fourth-order valence-corrected chi connectivity index (χ4v) is 4.02. The average molecular weight is 270 g/mol. The van der Waals surface area contributed by atoms with Crippen LogP contribution >= 0.6 is 0 Å². The Bertz CT molecular complexity index is 585. The predicted octanol–water partition coefficient (Wildman–Crippen LogP) is 2.93. The van der Waals surface area contributed by atoms with Crippen LogP contribution in [-0.4, -0.2) is 15.3 Å². The van der Waals surface area contributed by atoms with Crippen molar-refractivity contribution in [1.82, 2.24) is 0 Å². The maximum absolute atomic E-state index is 10.9. The number of aliphatic hydroxyl groups is 1. The van der Waals surface area contributed by atoms with Gasteiger partial charge in [0.1, 0.15) is 0 Å². The van der Waals surface area contributed by atoms with Gasteiger partial charge in [0.05, 0.1) is 5.60 Å². The molecule has 1 fully saturated rings. The van der Waals surface area contributed by atoms with Gasteiger partial charge in [0.15, 0.2) is 0 Å². The Morgan fingerprint density at radius 1 is 1.00 bits per heavy atom. The Morgan fingerprint density at radius 3 is 2.37 bits per heavy atom. The minimum absolute atomic E-state index is 0.584. The van der Waals surface area contributed by atoms with E-state index in [4.69, 9.17) is 0 Å². The molecule has 1 aliphatic carbocycles. The van der Waals surface area contributed by atoms with Gasteiger partial charge in [-0.3, -0.25) is 0 Å². The van der Waals surface area contributed by atoms with Gasteiger partial charge in [-0.05, 0) is 41.2 Å². The molecular formula is C17H22OSi. The van der Waals surface area contributed by atoms with Crippen LogP contribution in [0.1, 0.15) is 36.8 Å². The van der Waals surface area contributed by atoms with Crippen molar-refractivity contribution >= 4 is 21.0 Å². The van der Waals surface area contributed by atoms with Crippen LogP contribution in [0.25, 0.3) is 10.8 Å². The topological polar surface area (TPSA) is 20.2 Å². The lowest BCUT2D eigenvalue weighted by Crippen LogP contribution is -2.21. The number of benzene rings is 2. The molecule has 1 N–H and O–H groups in total. The molecule has 0 atom stereocenters. The summed E-state index contributed by atoms with van der Waals surface area (Å²) in [5, 5.41) is 13.5. The molecule has 1 saturated carbocycles. The van der Waals surface area contributed by atoms with E-state index < -0.39 is 5.60 Å². The van der Waals surface area contributed by atoms with Crippen molar-refractivity contribution in [3.05, 3.63) is 47.5 Å². The highest BCUT2D eigenvalue weighted by molar-refractivity contribution is 6.08. The van der Waals surface area contributed by atoms with Crippen LogP contribution in [0.2, 0.25) is 6.04 Å². The van der Waals surface area contributed by atoms with E-state index in [9.17, 15) is 5.11 Å². The van der Waals surface area contributed by atoms with Crippen LogP contribution in [0.15, 0.2) is 36.4 Å². The lowest BCUT2D eigenvalue weighted by atomic mass is 9.86. The van der Waals surface area contributed by atoms with Crippen molar-refractivity contribution in [2.75, 3.05) is 0 Å². The van der Waals surface area contributed by atoms with Crippen molar-refractivity contribution in [3.8, 4) is 0 Å². The number of hydrogen-bond acceptors (Lipinski definition) is 1. The molecule has 0 heterocycles. The number of hydrogen-bond donors (Lipinski definition) is 1. The van der Waals surface area contributed by atoms with Crippen LogP contribution in [0.3, 0.4) is 0 Å². The van der Waals surface area contributed by atoms with Crippen molar-refractivity contribution in [1.29, 1.82) is 0 Å². The van der Waals surface area contributed by atoms with Crippen molar-refractivity contribution in [3.63, 3.8) is 0 Å². The summed E-state index contributed by atoms with van der Waals surface area (Å²) in [6, 6.07) is 14.3. The van der Waals surface area contributed by atoms with Crippen LogP contribution in [0.5, 0.6) is 0 Å². The molecule has 0 saturated heterocycles. The number of rotatable bonds is 3. The quantitative estimate of drug-likeness (QED) is 0.850. The average Bonchev–Trinajstić information content (AvgIpc) is 2.87. The summed E-state index contributed by atoms with van der Waals surface area (Å²) >= 11 is 0. The first-order valence-corrected chi connectivity index (χ1v) is 8.89. The maximum atomic E-state index is 10.9. The highest BCUT2D eigenvalue weighted by Gasteiger charge is 2.34. The van der Waals surface area contributed by atoms with E-state index in [2.05, 4.69) is 36.4 Å². The third kappa shape index (κ3) is 2.24. The van der Waals surface area contributed by atoms with Crippen LogP contribution in [-0.2, 0) is 12.0 Å². The van der Waals surface area contributed by atoms with Gasteiger partial charge in [0.25, 0.3) is 0 Å². The molecule has 2 aromatic carbocycles. The molecule has 2 aromatic rings. The summed E-state index contributed by atoms with van der Waals surface area (Å²) < 4.78 is 0. The molecule has 0 radical (unpaired) electrons. The Hall–Kier alpha value is -1.12. The Balaban J connectivity index is 2.19. The zero-order valence-corrected chi connectivity index (χ0v) is 13.7. The van der Waals surface area contributed by atoms with Crippen LogP contribution in [0.4, 0.5) is 0 Å². The summed E-state index contributed by atoms with van der Waals surface area (Å²) in [6.07, 6.45) is 5.29. The van der Waals surface area contributed by atoms with Gasteiger partial charge in [-0.1, -0.05) is 55.3 Å². The number of aryl methyl sites for hydroxylation is 1. The van der Waals surface area contributed by atoms with Gasteiger partial charge in [0.2, 0.25) is 0 Å². The minimum atomic E-state index is -0.584. The lowest BCUT2D eigenvalue weighted by Gasteiger charge is -2.25. The molecular weight excluding hydrogens is 248 g/mol. The van der Waals surface area contributed by atoms with E-state index in [0.29, 0.717) is 0 Å². The normalized spacial score (nSPS) is 18.2. The minimum Gasteiger partial charge on any atom is -0.385 e. The van der Waals surface area contributed by atoms with E-state index in [0.717, 1.165) is 31.2 Å². The lowest BCUT2D eigenvalue weighted by molar-refractivity contribution is 0.0460. The first-order valence-electron chi connectivity index (χ1n) is 7.48. The standard InChI is InChI=1S/C17H22OSi/c18-17(10-3-4-11-17)16-8-7-13(9-12-19)14-5-1-2-6-15(14)16/h1-2,5-8,18H,3-4,9-12H2,19H3. The molecule has 0 amide bonds. The van der Waals surface area contributed by atoms with Gasteiger partial charge in [0, 0.05) is 10.2 Å². The zero-order chi connectivity index (χ0) is 13.3. The van der Waals surface area contributed by atoms with Gasteiger partial charge < -0.3 is 5.11 Å². The molecule has 1 nitrogen and oxygen atoms in total. The second kappa shape index (κ2) is 5.10. The smallest absolute Gasteiger partial charge is 0.0902 e. The van der Waals surface area contributed by atoms with Gasteiger partial charge >= 0.3 is 0 Å². The van der Waals surface area contributed by atoms with Gasteiger partial charge in [-0.2, -0.15) is 0 Å². The van der Waals surface area contributed by atoms with Crippen molar-refractivity contribution in [2.24, 2.45) is 0 Å². The van der Waals surface area contributed by atoms with E-state index in [1.165, 1.54) is 39.0 Å². The molecule has 1 aliphatic rings. The highest BCUT2D eigenvalue weighted by Crippen LogP contribution is 2.42. The SMILES string of the molecule is OC1(c2ccc(CC[SiH3])c3ccccc23)CCCC1. The van der Waals surface area contributed by atoms with Gasteiger partial charge in [-0.15, -0.1) is 0 Å². The molecule has 0 aliphatic heterocycles. The predicted molar refractivity (Wildman–Crippen MR) is 84.8 cm³/mol. The van der Waals surface area contributed by atoms with Crippen LogP contribution in [0, 0.1) is 0 Å². The third-order valence-corrected chi connectivity index (χ3v) is 4.97. The summed E-state index contributed by atoms with van der Waals surface area (Å²) in [5.41, 5.74) is 2.01. The molecule has 3 rings (SSSR count). The first kappa shape index (κ1) is 12.9. The molecule has 19 heavy (non-hydrogen) atoms. The fraction of sp³-hybridized carbons (Fsp3) is 0.412. The molecule has 0 unspecified atom stereocenters. The van der Waals surface area contributed by atoms with Crippen LogP contribution < -0.4 is 0 Å².